The molecule has 0 spiro atoms. The number of rotatable bonds is 10. The lowest BCUT2D eigenvalue weighted by atomic mass is 9.90. The third kappa shape index (κ3) is 7.79. The first-order valence-corrected chi connectivity index (χ1v) is 24.8. The summed E-state index contributed by atoms with van der Waals surface area (Å²) < 4.78 is 21.1. The van der Waals surface area contributed by atoms with Gasteiger partial charge in [0.2, 0.25) is 11.8 Å². The Balaban J connectivity index is 0.771. The number of methoxy groups -OCH3 is 2. The van der Waals surface area contributed by atoms with E-state index in [4.69, 9.17) is 38.9 Å². The standard InChI is InChI=1S/C52H58N10O8/c1-25-33-21-41(61(45(25)33)49(63)43(59-51(65)67-3)27-9-13-69-14-10-27)47-55-35-7-5-29(17-39(35)57-47)31-19-37-38(53-23-31)20-32(24-54-37)30-6-8-36-40(18-30)58-48(56-36)42-22-34-26(2)46(34)62(42)50(64)44(60-52(66)68-4)28-11-15-70-16-12-28/h5-8,17-20,23-28,33-34,41-46H,9-16,21-22H2,1-4H3,(H,55,57)(H,56,58)(H,59,65)(H,60,66)/t25?,26?,33?,34?,41-,42-,43-,44-,45?,46?/m0/s1. The summed E-state index contributed by atoms with van der Waals surface area (Å²) in [5, 5.41) is 5.75. The van der Waals surface area contributed by atoms with E-state index in [9.17, 15) is 19.2 Å². The van der Waals surface area contributed by atoms with Crippen molar-refractivity contribution in [2.75, 3.05) is 40.6 Å². The summed E-state index contributed by atoms with van der Waals surface area (Å²) in [6, 6.07) is 14.6. The Bertz CT molecular complexity index is 2830. The van der Waals surface area contributed by atoms with Gasteiger partial charge in [0.15, 0.2) is 0 Å². The highest BCUT2D eigenvalue weighted by Crippen LogP contribution is 2.59. The maximum absolute atomic E-state index is 14.5. The average Bonchev–Trinajstić information content (AvgIpc) is 3.81. The number of aromatic amines is 2. The summed E-state index contributed by atoms with van der Waals surface area (Å²) in [6.07, 6.45) is 6.86. The minimum Gasteiger partial charge on any atom is -0.453 e. The van der Waals surface area contributed by atoms with Gasteiger partial charge in [-0.2, -0.15) is 0 Å². The molecule has 6 fully saturated rings. The lowest BCUT2D eigenvalue weighted by Gasteiger charge is -2.35. The largest absolute Gasteiger partial charge is 0.453 e. The van der Waals surface area contributed by atoms with Crippen LogP contribution in [0.25, 0.3) is 55.4 Å². The van der Waals surface area contributed by atoms with Crippen molar-refractivity contribution in [3.05, 3.63) is 72.6 Å². The van der Waals surface area contributed by atoms with E-state index in [1.807, 2.05) is 58.6 Å². The zero-order valence-corrected chi connectivity index (χ0v) is 39.7. The molecule has 70 heavy (non-hydrogen) atoms. The number of carbonyl (C=O) groups excluding carboxylic acids is 4. The first-order chi connectivity index (χ1) is 34.1. The fraction of sp³-hybridized carbons (Fsp3) is 0.500. The van der Waals surface area contributed by atoms with Crippen LogP contribution in [0.3, 0.4) is 0 Å². The summed E-state index contributed by atoms with van der Waals surface area (Å²) >= 11 is 0. The van der Waals surface area contributed by atoms with Crippen LogP contribution in [0.15, 0.2) is 60.9 Å². The number of pyridine rings is 2. The molecule has 364 valence electrons. The van der Waals surface area contributed by atoms with Crippen molar-refractivity contribution in [2.24, 2.45) is 35.5 Å². The molecule has 10 atom stereocenters. The fourth-order valence-corrected chi connectivity index (χ4v) is 12.5. The molecule has 4 aliphatic heterocycles. The van der Waals surface area contributed by atoms with Crippen molar-refractivity contribution in [1.29, 1.82) is 0 Å². The predicted octanol–water partition coefficient (Wildman–Crippen LogP) is 6.83. The molecule has 2 saturated carbocycles. The number of benzene rings is 2. The van der Waals surface area contributed by atoms with Gasteiger partial charge in [0.05, 0.1) is 59.4 Å². The van der Waals surface area contributed by atoms with Gasteiger partial charge in [-0.25, -0.2) is 19.6 Å². The van der Waals surface area contributed by atoms with Crippen molar-refractivity contribution in [2.45, 2.75) is 88.6 Å². The van der Waals surface area contributed by atoms with Crippen LogP contribution in [0.1, 0.15) is 76.1 Å². The van der Waals surface area contributed by atoms with Crippen molar-refractivity contribution >= 4 is 57.1 Å². The molecule has 0 bridgehead atoms. The van der Waals surface area contributed by atoms with Gasteiger partial charge in [0.1, 0.15) is 23.7 Å². The lowest BCUT2D eigenvalue weighted by molar-refractivity contribution is -0.139. The first-order valence-electron chi connectivity index (χ1n) is 24.8. The molecule has 0 radical (unpaired) electrons. The second kappa shape index (κ2) is 17.6. The highest BCUT2D eigenvalue weighted by molar-refractivity contribution is 5.91. The number of nitrogens with zero attached hydrogens (tertiary/aromatic N) is 6. The van der Waals surface area contributed by atoms with E-state index in [-0.39, 0.29) is 47.8 Å². The van der Waals surface area contributed by atoms with Gasteiger partial charge in [-0.1, -0.05) is 26.0 Å². The number of ether oxygens (including phenoxy) is 4. The Kier molecular flexibility index (Phi) is 11.2. The number of aromatic nitrogens is 6. The minimum atomic E-state index is -0.705. The SMILES string of the molecule is COC(=O)N[C@H](C(=O)N1C2C(C)C2C[C@H]1c1nc2ccc(-c3cnc4cc(-c5ccc6nc([C@@H]7CC8C(C)C8N7C(=O)[C@@H](NC(=O)OC)C7CCOCC7)[nH]c6c5)cnc4c3)cc2[nH]1)C1CCOCC1. The molecule has 4 amide bonds. The van der Waals surface area contributed by atoms with Crippen LogP contribution >= 0.6 is 0 Å². The van der Waals surface area contributed by atoms with Gasteiger partial charge in [-0.3, -0.25) is 19.6 Å². The molecule has 8 heterocycles. The molecule has 4 aromatic heterocycles. The van der Waals surface area contributed by atoms with Gasteiger partial charge in [-0.15, -0.1) is 0 Å². The van der Waals surface area contributed by atoms with E-state index in [0.29, 0.717) is 75.8 Å². The van der Waals surface area contributed by atoms with Gasteiger partial charge in [0.25, 0.3) is 0 Å². The summed E-state index contributed by atoms with van der Waals surface area (Å²) in [5.41, 5.74) is 8.55. The van der Waals surface area contributed by atoms with Gasteiger partial charge >= 0.3 is 12.2 Å². The Morgan fingerprint density at radius 3 is 1.41 bits per heavy atom. The van der Waals surface area contributed by atoms with Crippen molar-refractivity contribution in [3.63, 3.8) is 0 Å². The summed E-state index contributed by atoms with van der Waals surface area (Å²) in [7, 11) is 2.64. The van der Waals surface area contributed by atoms with Gasteiger partial charge < -0.3 is 49.3 Å². The maximum Gasteiger partial charge on any atom is 0.407 e. The number of fused-ring (bicyclic) bond motifs is 5. The number of amides is 4. The number of likely N-dealkylation sites (tertiary alicyclic amines) is 2. The van der Waals surface area contributed by atoms with Gasteiger partial charge in [-0.05, 0) is 122 Å². The van der Waals surface area contributed by atoms with Crippen LogP contribution in [0.5, 0.6) is 0 Å². The molecular formula is C52H58N10O8. The number of imidazole rings is 2. The highest BCUT2D eigenvalue weighted by atomic mass is 16.5. The van der Waals surface area contributed by atoms with Crippen LogP contribution in [0.2, 0.25) is 0 Å². The van der Waals surface area contributed by atoms with Crippen LogP contribution in [0, 0.1) is 35.5 Å². The van der Waals surface area contributed by atoms with E-state index in [2.05, 4.69) is 46.6 Å². The first kappa shape index (κ1) is 44.5. The Morgan fingerprint density at radius 2 is 1.01 bits per heavy atom. The van der Waals surface area contributed by atoms with Gasteiger partial charge in [0, 0.05) is 62.0 Å². The Morgan fingerprint density at radius 1 is 0.600 bits per heavy atom. The van der Waals surface area contributed by atoms with E-state index in [0.717, 1.165) is 79.8 Å². The molecule has 6 unspecified atom stereocenters. The second-order valence-electron chi connectivity index (χ2n) is 20.3. The average molecular weight is 951 g/mol. The van der Waals surface area contributed by atoms with E-state index >= 15 is 0 Å². The summed E-state index contributed by atoms with van der Waals surface area (Å²) in [5.74, 6) is 2.74. The van der Waals surface area contributed by atoms with Crippen LogP contribution < -0.4 is 10.6 Å². The van der Waals surface area contributed by atoms with E-state index in [1.54, 1.807) is 0 Å². The number of piperidine rings is 2. The monoisotopic (exact) mass is 950 g/mol. The zero-order chi connectivity index (χ0) is 47.9. The molecule has 18 nitrogen and oxygen atoms in total. The zero-order valence-electron chi connectivity index (χ0n) is 39.7. The molecule has 6 aromatic rings. The number of carbonyl (C=O) groups is 4. The number of H-pyrrole nitrogens is 2. The molecule has 18 heteroatoms. The molecule has 2 aromatic carbocycles. The Hall–Kier alpha value is -6.66. The van der Waals surface area contributed by atoms with E-state index in [1.165, 1.54) is 14.2 Å². The molecule has 12 rings (SSSR count). The number of alkyl carbamates (subject to hydrolysis) is 2. The van der Waals surface area contributed by atoms with Crippen molar-refractivity contribution in [3.8, 4) is 22.3 Å². The van der Waals surface area contributed by atoms with Crippen LogP contribution in [0.4, 0.5) is 9.59 Å². The quantitative estimate of drug-likeness (QED) is 0.111. The number of nitrogens with one attached hydrogen (secondary N) is 4. The summed E-state index contributed by atoms with van der Waals surface area (Å²) in [6.45, 7) is 6.59. The number of hydrogen-bond donors (Lipinski definition) is 4. The van der Waals surface area contributed by atoms with Crippen molar-refractivity contribution < 1.29 is 38.1 Å². The highest BCUT2D eigenvalue weighted by Gasteiger charge is 2.63. The minimum absolute atomic E-state index is 0.0461. The summed E-state index contributed by atoms with van der Waals surface area (Å²) in [4.78, 5) is 84.9. The molecule has 6 aliphatic rings. The number of hydrogen-bond acceptors (Lipinski definition) is 12. The lowest BCUT2D eigenvalue weighted by Crippen LogP contribution is -2.54. The molecule has 2 aliphatic carbocycles. The molecule has 4 saturated heterocycles. The second-order valence-corrected chi connectivity index (χ2v) is 20.3. The smallest absolute Gasteiger partial charge is 0.407 e. The molecule has 4 N–H and O–H groups in total. The normalized spacial score (nSPS) is 27.3. The third-order valence-electron chi connectivity index (χ3n) is 16.6. The van der Waals surface area contributed by atoms with Crippen molar-refractivity contribution in [1.82, 2.24) is 50.3 Å². The topological polar surface area (TPSA) is 219 Å². The maximum atomic E-state index is 14.5. The molecular weight excluding hydrogens is 893 g/mol. The third-order valence-corrected chi connectivity index (χ3v) is 16.6. The predicted molar refractivity (Wildman–Crippen MR) is 257 cm³/mol. The Labute approximate surface area is 404 Å². The van der Waals surface area contributed by atoms with Crippen LogP contribution in [-0.2, 0) is 28.5 Å². The fourth-order valence-electron chi connectivity index (χ4n) is 12.5. The van der Waals surface area contributed by atoms with E-state index < -0.39 is 24.3 Å². The van der Waals surface area contributed by atoms with Crippen LogP contribution in [-0.4, -0.2) is 129 Å².